The van der Waals surface area contributed by atoms with Crippen molar-refractivity contribution < 1.29 is 23.0 Å². The standard InChI is InChI=1S/C11H13F3O2/c1-2-4-8-5-3-6-9(7-15)10(8)16-11(12,13)14/h3,5-6,15H,2,4,7H2,1H3. The highest BCUT2D eigenvalue weighted by atomic mass is 19.4. The lowest BCUT2D eigenvalue weighted by Crippen LogP contribution is -2.19. The van der Waals surface area contributed by atoms with E-state index in [0.29, 0.717) is 18.4 Å². The molecule has 90 valence electrons. The van der Waals surface area contributed by atoms with E-state index in [0.717, 1.165) is 0 Å². The van der Waals surface area contributed by atoms with Gasteiger partial charge in [-0.25, -0.2) is 0 Å². The molecular weight excluding hydrogens is 221 g/mol. The Morgan fingerprint density at radius 1 is 1.25 bits per heavy atom. The fourth-order valence-corrected chi connectivity index (χ4v) is 1.48. The number of para-hydroxylation sites is 1. The molecule has 0 spiro atoms. The summed E-state index contributed by atoms with van der Waals surface area (Å²) in [6.07, 6.45) is -3.53. The number of ether oxygens (including phenoxy) is 1. The number of rotatable bonds is 4. The second-order valence-electron chi connectivity index (χ2n) is 3.36. The van der Waals surface area contributed by atoms with Gasteiger partial charge in [-0.05, 0) is 12.0 Å². The van der Waals surface area contributed by atoms with Crippen LogP contribution in [0.3, 0.4) is 0 Å². The molecule has 1 aromatic rings. The Labute approximate surface area is 91.7 Å². The summed E-state index contributed by atoms with van der Waals surface area (Å²) in [5.41, 5.74) is 0.620. The van der Waals surface area contributed by atoms with E-state index >= 15 is 0 Å². The largest absolute Gasteiger partial charge is 0.573 e. The van der Waals surface area contributed by atoms with Crippen LogP contribution in [0.4, 0.5) is 13.2 Å². The van der Waals surface area contributed by atoms with E-state index in [1.165, 1.54) is 6.07 Å². The molecule has 1 N–H and O–H groups in total. The van der Waals surface area contributed by atoms with Gasteiger partial charge in [-0.15, -0.1) is 13.2 Å². The van der Waals surface area contributed by atoms with Gasteiger partial charge in [-0.3, -0.25) is 0 Å². The van der Waals surface area contributed by atoms with Crippen molar-refractivity contribution in [2.24, 2.45) is 0 Å². The Morgan fingerprint density at radius 3 is 2.38 bits per heavy atom. The topological polar surface area (TPSA) is 29.5 Å². The summed E-state index contributed by atoms with van der Waals surface area (Å²) in [6, 6.07) is 4.60. The average Bonchev–Trinajstić information content (AvgIpc) is 2.19. The fraction of sp³-hybridized carbons (Fsp3) is 0.455. The minimum atomic E-state index is -4.73. The van der Waals surface area contributed by atoms with Gasteiger partial charge in [0, 0.05) is 5.56 Å². The number of alkyl halides is 3. The minimum Gasteiger partial charge on any atom is -0.405 e. The van der Waals surface area contributed by atoms with E-state index in [4.69, 9.17) is 5.11 Å². The molecule has 0 atom stereocenters. The molecule has 0 radical (unpaired) electrons. The van der Waals surface area contributed by atoms with Gasteiger partial charge in [0.05, 0.1) is 6.61 Å². The number of hydrogen-bond acceptors (Lipinski definition) is 2. The quantitative estimate of drug-likeness (QED) is 0.867. The molecule has 0 aliphatic carbocycles. The molecule has 0 aliphatic heterocycles. The molecule has 1 rings (SSSR count). The lowest BCUT2D eigenvalue weighted by molar-refractivity contribution is -0.275. The van der Waals surface area contributed by atoms with Gasteiger partial charge in [-0.1, -0.05) is 31.5 Å². The van der Waals surface area contributed by atoms with E-state index in [1.807, 2.05) is 6.92 Å². The summed E-state index contributed by atoms with van der Waals surface area (Å²) >= 11 is 0. The van der Waals surface area contributed by atoms with Crippen LogP contribution in [0.15, 0.2) is 18.2 Å². The summed E-state index contributed by atoms with van der Waals surface area (Å²) in [6.45, 7) is 1.39. The van der Waals surface area contributed by atoms with Crippen LogP contribution < -0.4 is 4.74 Å². The van der Waals surface area contributed by atoms with Gasteiger partial charge in [0.25, 0.3) is 0 Å². The maximum Gasteiger partial charge on any atom is 0.573 e. The first-order chi connectivity index (χ1) is 7.48. The molecule has 0 heterocycles. The lowest BCUT2D eigenvalue weighted by Gasteiger charge is -2.15. The van der Waals surface area contributed by atoms with Crippen molar-refractivity contribution in [3.63, 3.8) is 0 Å². The smallest absolute Gasteiger partial charge is 0.405 e. The zero-order valence-electron chi connectivity index (χ0n) is 8.84. The number of aliphatic hydroxyl groups excluding tert-OH is 1. The Hall–Kier alpha value is -1.23. The molecule has 0 aromatic heterocycles. The van der Waals surface area contributed by atoms with Crippen LogP contribution in [0.5, 0.6) is 5.75 Å². The second kappa shape index (κ2) is 5.21. The first-order valence-corrected chi connectivity index (χ1v) is 4.95. The van der Waals surface area contributed by atoms with E-state index in [1.54, 1.807) is 12.1 Å². The summed E-state index contributed by atoms with van der Waals surface area (Å²) in [4.78, 5) is 0. The highest BCUT2D eigenvalue weighted by Crippen LogP contribution is 2.31. The average molecular weight is 234 g/mol. The van der Waals surface area contributed by atoms with Crippen molar-refractivity contribution in [1.82, 2.24) is 0 Å². The molecule has 0 unspecified atom stereocenters. The van der Waals surface area contributed by atoms with Crippen LogP contribution in [0, 0.1) is 0 Å². The number of aryl methyl sites for hydroxylation is 1. The van der Waals surface area contributed by atoms with Crippen molar-refractivity contribution in [2.75, 3.05) is 0 Å². The van der Waals surface area contributed by atoms with E-state index < -0.39 is 13.0 Å². The lowest BCUT2D eigenvalue weighted by atomic mass is 10.1. The zero-order chi connectivity index (χ0) is 12.2. The van der Waals surface area contributed by atoms with Crippen LogP contribution >= 0.6 is 0 Å². The molecule has 0 saturated carbocycles. The van der Waals surface area contributed by atoms with E-state index in [2.05, 4.69) is 4.74 Å². The third-order valence-corrected chi connectivity index (χ3v) is 2.09. The number of halogens is 3. The van der Waals surface area contributed by atoms with Crippen LogP contribution in [-0.2, 0) is 13.0 Å². The highest BCUT2D eigenvalue weighted by molar-refractivity contribution is 5.41. The van der Waals surface area contributed by atoms with E-state index in [9.17, 15) is 13.2 Å². The van der Waals surface area contributed by atoms with Crippen LogP contribution in [-0.4, -0.2) is 11.5 Å². The fourth-order valence-electron chi connectivity index (χ4n) is 1.48. The predicted molar refractivity (Wildman–Crippen MR) is 53.0 cm³/mol. The van der Waals surface area contributed by atoms with Crippen LogP contribution in [0.2, 0.25) is 0 Å². The Kier molecular flexibility index (Phi) is 4.18. The summed E-state index contributed by atoms with van der Waals surface area (Å²) < 4.78 is 40.5. The van der Waals surface area contributed by atoms with Crippen molar-refractivity contribution in [3.05, 3.63) is 29.3 Å². The van der Waals surface area contributed by atoms with Crippen LogP contribution in [0.25, 0.3) is 0 Å². The van der Waals surface area contributed by atoms with Crippen molar-refractivity contribution >= 4 is 0 Å². The van der Waals surface area contributed by atoms with Gasteiger partial charge in [-0.2, -0.15) is 0 Å². The molecule has 0 aliphatic rings. The zero-order valence-corrected chi connectivity index (χ0v) is 8.84. The number of aliphatic hydroxyl groups is 1. The minimum absolute atomic E-state index is 0.156. The molecule has 0 fully saturated rings. The third-order valence-electron chi connectivity index (χ3n) is 2.09. The first kappa shape index (κ1) is 12.8. The maximum atomic E-state index is 12.2. The molecule has 0 saturated heterocycles. The molecule has 1 aromatic carbocycles. The second-order valence-corrected chi connectivity index (χ2v) is 3.36. The number of benzene rings is 1. The molecule has 0 bridgehead atoms. The van der Waals surface area contributed by atoms with E-state index in [-0.39, 0.29) is 11.3 Å². The maximum absolute atomic E-state index is 12.2. The summed E-state index contributed by atoms with van der Waals surface area (Å²) in [5.74, 6) is -0.264. The van der Waals surface area contributed by atoms with Gasteiger partial charge in [0.15, 0.2) is 0 Å². The third kappa shape index (κ3) is 3.41. The predicted octanol–water partition coefficient (Wildman–Crippen LogP) is 3.03. The van der Waals surface area contributed by atoms with Gasteiger partial charge in [0.2, 0.25) is 0 Å². The van der Waals surface area contributed by atoms with Gasteiger partial charge in [0.1, 0.15) is 5.75 Å². The SMILES string of the molecule is CCCc1cccc(CO)c1OC(F)(F)F. The van der Waals surface area contributed by atoms with Crippen molar-refractivity contribution in [3.8, 4) is 5.75 Å². The molecule has 16 heavy (non-hydrogen) atoms. The Bertz CT molecular complexity index is 348. The number of hydrogen-bond donors (Lipinski definition) is 1. The van der Waals surface area contributed by atoms with Crippen LogP contribution in [0.1, 0.15) is 24.5 Å². The molecular formula is C11H13F3O2. The Morgan fingerprint density at radius 2 is 1.88 bits per heavy atom. The Balaban J connectivity index is 3.09. The molecule has 2 nitrogen and oxygen atoms in total. The monoisotopic (exact) mass is 234 g/mol. The van der Waals surface area contributed by atoms with Gasteiger partial charge >= 0.3 is 6.36 Å². The van der Waals surface area contributed by atoms with Gasteiger partial charge < -0.3 is 9.84 Å². The van der Waals surface area contributed by atoms with Crippen molar-refractivity contribution in [2.45, 2.75) is 32.7 Å². The molecule has 5 heteroatoms. The normalized spacial score (nSPS) is 11.6. The summed E-state index contributed by atoms with van der Waals surface area (Å²) in [7, 11) is 0. The van der Waals surface area contributed by atoms with Crippen molar-refractivity contribution in [1.29, 1.82) is 0 Å². The first-order valence-electron chi connectivity index (χ1n) is 4.95. The highest BCUT2D eigenvalue weighted by Gasteiger charge is 2.33. The summed E-state index contributed by atoms with van der Waals surface area (Å²) in [5, 5.41) is 8.96. The molecule has 0 amide bonds.